The highest BCUT2D eigenvalue weighted by Gasteiger charge is 2.03. The largest absolute Gasteiger partial charge is 0.494 e. The first-order valence-corrected chi connectivity index (χ1v) is 9.61. The topological polar surface area (TPSA) is 62.7 Å². The molecule has 0 atom stereocenters. The Bertz CT molecular complexity index is 950. The number of ether oxygens (including phenoxy) is 1. The van der Waals surface area contributed by atoms with Crippen LogP contribution in [0.4, 0.5) is 5.69 Å². The second-order valence-corrected chi connectivity index (χ2v) is 6.49. The lowest BCUT2D eigenvalue weighted by Crippen LogP contribution is -2.26. The van der Waals surface area contributed by atoms with E-state index in [0.717, 1.165) is 28.3 Å². The zero-order chi connectivity index (χ0) is 20.5. The van der Waals surface area contributed by atoms with Crippen molar-refractivity contribution in [3.05, 3.63) is 84.4 Å². The van der Waals surface area contributed by atoms with Gasteiger partial charge in [-0.25, -0.2) is 5.43 Å². The molecule has 5 heteroatoms. The number of nitrogens with one attached hydrogen (secondary N) is 2. The number of benzene rings is 3. The minimum absolute atomic E-state index is 0.137. The molecule has 0 radical (unpaired) electrons. The number of carbonyl (C=O) groups is 1. The van der Waals surface area contributed by atoms with Crippen molar-refractivity contribution < 1.29 is 9.53 Å². The van der Waals surface area contributed by atoms with E-state index in [1.54, 1.807) is 0 Å². The van der Waals surface area contributed by atoms with E-state index in [9.17, 15) is 4.79 Å². The van der Waals surface area contributed by atoms with Gasteiger partial charge in [-0.1, -0.05) is 54.6 Å². The van der Waals surface area contributed by atoms with Crippen molar-refractivity contribution in [3.63, 3.8) is 0 Å². The van der Waals surface area contributed by atoms with Crippen LogP contribution in [-0.4, -0.2) is 24.8 Å². The van der Waals surface area contributed by atoms with Crippen molar-refractivity contribution >= 4 is 17.3 Å². The summed E-state index contributed by atoms with van der Waals surface area (Å²) in [6.07, 6.45) is 0. The van der Waals surface area contributed by atoms with Gasteiger partial charge in [-0.3, -0.25) is 4.79 Å². The van der Waals surface area contributed by atoms with E-state index in [4.69, 9.17) is 4.74 Å². The van der Waals surface area contributed by atoms with Gasteiger partial charge < -0.3 is 10.1 Å². The second-order valence-electron chi connectivity index (χ2n) is 6.49. The van der Waals surface area contributed by atoms with Crippen LogP contribution in [0.2, 0.25) is 0 Å². The summed E-state index contributed by atoms with van der Waals surface area (Å²) < 4.78 is 5.40. The second kappa shape index (κ2) is 10.1. The van der Waals surface area contributed by atoms with E-state index >= 15 is 0 Å². The van der Waals surface area contributed by atoms with Crippen molar-refractivity contribution in [2.75, 3.05) is 18.5 Å². The summed E-state index contributed by atoms with van der Waals surface area (Å²) in [5.41, 5.74) is 7.46. The van der Waals surface area contributed by atoms with Crippen LogP contribution < -0.4 is 15.5 Å². The normalized spacial score (nSPS) is 11.0. The smallest absolute Gasteiger partial charge is 0.259 e. The molecule has 1 amide bonds. The predicted molar refractivity (Wildman–Crippen MR) is 118 cm³/mol. The number of anilines is 1. The SMILES string of the molecule is CCOc1ccc(NCC(=O)NN=C(C)c2ccc(-c3ccccc3)cc2)cc1. The summed E-state index contributed by atoms with van der Waals surface area (Å²) >= 11 is 0. The van der Waals surface area contributed by atoms with E-state index in [2.05, 4.69) is 40.1 Å². The van der Waals surface area contributed by atoms with Crippen LogP contribution in [0.15, 0.2) is 84.0 Å². The molecule has 0 saturated carbocycles. The Morgan fingerprint density at radius 2 is 1.55 bits per heavy atom. The molecule has 3 aromatic carbocycles. The summed E-state index contributed by atoms with van der Waals surface area (Å²) in [5.74, 6) is 0.597. The lowest BCUT2D eigenvalue weighted by Gasteiger charge is -2.08. The van der Waals surface area contributed by atoms with Crippen LogP contribution >= 0.6 is 0 Å². The number of hydrogen-bond donors (Lipinski definition) is 2. The summed E-state index contributed by atoms with van der Waals surface area (Å²) in [4.78, 5) is 12.1. The van der Waals surface area contributed by atoms with Gasteiger partial charge in [-0.2, -0.15) is 5.10 Å². The number of nitrogens with zero attached hydrogens (tertiary/aromatic N) is 1. The average Bonchev–Trinajstić information content (AvgIpc) is 2.78. The molecule has 0 aliphatic carbocycles. The van der Waals surface area contributed by atoms with Crippen molar-refractivity contribution in [2.24, 2.45) is 5.10 Å². The molecular weight excluding hydrogens is 362 g/mol. The fraction of sp³-hybridized carbons (Fsp3) is 0.167. The molecule has 3 aromatic rings. The molecular formula is C24H25N3O2. The van der Waals surface area contributed by atoms with Gasteiger partial charge >= 0.3 is 0 Å². The van der Waals surface area contributed by atoms with E-state index in [1.165, 1.54) is 5.56 Å². The number of rotatable bonds is 8. The molecule has 0 fully saturated rings. The number of amides is 1. The zero-order valence-electron chi connectivity index (χ0n) is 16.7. The van der Waals surface area contributed by atoms with E-state index in [-0.39, 0.29) is 12.5 Å². The Morgan fingerprint density at radius 3 is 2.21 bits per heavy atom. The summed E-state index contributed by atoms with van der Waals surface area (Å²) in [6, 6.07) is 25.8. The quantitative estimate of drug-likeness (QED) is 0.435. The van der Waals surface area contributed by atoms with Gasteiger partial charge in [0.25, 0.3) is 5.91 Å². The molecule has 0 unspecified atom stereocenters. The predicted octanol–water partition coefficient (Wildman–Crippen LogP) is 4.70. The highest BCUT2D eigenvalue weighted by atomic mass is 16.5. The highest BCUT2D eigenvalue weighted by Crippen LogP contribution is 2.19. The Labute approximate surface area is 171 Å². The fourth-order valence-electron chi connectivity index (χ4n) is 2.80. The van der Waals surface area contributed by atoms with Gasteiger partial charge in [-0.05, 0) is 54.8 Å². The third-order valence-corrected chi connectivity index (χ3v) is 4.38. The Balaban J connectivity index is 1.51. The highest BCUT2D eigenvalue weighted by molar-refractivity contribution is 5.99. The molecule has 29 heavy (non-hydrogen) atoms. The standard InChI is InChI=1S/C24H25N3O2/c1-3-29-23-15-13-22(14-16-23)25-17-24(28)27-26-18(2)19-9-11-21(12-10-19)20-7-5-4-6-8-20/h4-16,25H,3,17H2,1-2H3,(H,27,28). The molecule has 0 bridgehead atoms. The molecule has 5 nitrogen and oxygen atoms in total. The minimum Gasteiger partial charge on any atom is -0.494 e. The molecule has 0 spiro atoms. The van der Waals surface area contributed by atoms with Gasteiger partial charge in [0.15, 0.2) is 0 Å². The lowest BCUT2D eigenvalue weighted by molar-refractivity contribution is -0.119. The summed E-state index contributed by atoms with van der Waals surface area (Å²) in [5, 5.41) is 7.27. The maximum Gasteiger partial charge on any atom is 0.259 e. The molecule has 0 saturated heterocycles. The third kappa shape index (κ3) is 5.94. The number of hydrazone groups is 1. The first-order valence-electron chi connectivity index (χ1n) is 9.61. The van der Waals surface area contributed by atoms with E-state index in [0.29, 0.717) is 6.61 Å². The summed E-state index contributed by atoms with van der Waals surface area (Å²) in [6.45, 7) is 4.58. The van der Waals surface area contributed by atoms with Gasteiger partial charge in [0, 0.05) is 5.69 Å². The monoisotopic (exact) mass is 387 g/mol. The van der Waals surface area contributed by atoms with Crippen LogP contribution in [0, 0.1) is 0 Å². The van der Waals surface area contributed by atoms with Crippen molar-refractivity contribution in [2.45, 2.75) is 13.8 Å². The molecule has 148 valence electrons. The lowest BCUT2D eigenvalue weighted by atomic mass is 10.0. The molecule has 0 aliphatic heterocycles. The third-order valence-electron chi connectivity index (χ3n) is 4.38. The molecule has 3 rings (SSSR count). The van der Waals surface area contributed by atoms with Crippen molar-refractivity contribution in [1.29, 1.82) is 0 Å². The maximum atomic E-state index is 12.1. The van der Waals surface area contributed by atoms with Gasteiger partial charge in [0.05, 0.1) is 18.9 Å². The first kappa shape index (κ1) is 20.1. The Morgan fingerprint density at radius 1 is 0.897 bits per heavy atom. The number of hydrogen-bond acceptors (Lipinski definition) is 4. The van der Waals surface area contributed by atoms with Crippen LogP contribution in [0.25, 0.3) is 11.1 Å². The fourth-order valence-corrected chi connectivity index (χ4v) is 2.80. The van der Waals surface area contributed by atoms with Crippen LogP contribution in [0.1, 0.15) is 19.4 Å². The number of carbonyl (C=O) groups excluding carboxylic acids is 1. The molecule has 0 aliphatic rings. The average molecular weight is 387 g/mol. The molecule has 0 heterocycles. The summed E-state index contributed by atoms with van der Waals surface area (Å²) in [7, 11) is 0. The maximum absolute atomic E-state index is 12.1. The van der Waals surface area contributed by atoms with Gasteiger partial charge in [0.1, 0.15) is 5.75 Å². The van der Waals surface area contributed by atoms with Gasteiger partial charge in [0.2, 0.25) is 0 Å². The Kier molecular flexibility index (Phi) is 7.00. The van der Waals surface area contributed by atoms with E-state index < -0.39 is 0 Å². The van der Waals surface area contributed by atoms with E-state index in [1.807, 2.05) is 68.4 Å². The van der Waals surface area contributed by atoms with Gasteiger partial charge in [-0.15, -0.1) is 0 Å². The van der Waals surface area contributed by atoms with Crippen LogP contribution in [-0.2, 0) is 4.79 Å². The van der Waals surface area contributed by atoms with Crippen LogP contribution in [0.5, 0.6) is 5.75 Å². The first-order chi connectivity index (χ1) is 14.2. The van der Waals surface area contributed by atoms with Crippen LogP contribution in [0.3, 0.4) is 0 Å². The minimum atomic E-state index is -0.209. The molecule has 0 aromatic heterocycles. The molecule has 2 N–H and O–H groups in total. The zero-order valence-corrected chi connectivity index (χ0v) is 16.7. The van der Waals surface area contributed by atoms with Crippen molar-refractivity contribution in [1.82, 2.24) is 5.43 Å². The van der Waals surface area contributed by atoms with Crippen molar-refractivity contribution in [3.8, 4) is 16.9 Å². The Hall–Kier alpha value is -3.60.